The third kappa shape index (κ3) is 8.77. The maximum Gasteiger partial charge on any atom is 0.196 e. The van der Waals surface area contributed by atoms with Gasteiger partial charge in [-0.05, 0) is 44.4 Å². The number of hydrogen-bond acceptors (Lipinski definition) is 2. The van der Waals surface area contributed by atoms with Crippen LogP contribution in [0.4, 0.5) is 0 Å². The molecule has 1 atom stereocenters. The fourth-order valence-electron chi connectivity index (χ4n) is 2.48. The van der Waals surface area contributed by atoms with Crippen LogP contribution in [0.15, 0.2) is 24.3 Å². The molecule has 0 heterocycles. The smallest absolute Gasteiger partial charge is 0.196 e. The summed E-state index contributed by atoms with van der Waals surface area (Å²) in [5, 5.41) is 0. The molecule has 0 bridgehead atoms. The highest BCUT2D eigenvalue weighted by Gasteiger charge is 2.02. The van der Waals surface area contributed by atoms with Crippen LogP contribution in [0.2, 0.25) is 0 Å². The quantitative estimate of drug-likeness (QED) is 0.361. The Labute approximate surface area is 130 Å². The summed E-state index contributed by atoms with van der Waals surface area (Å²) in [6.45, 7) is 6.85. The first-order chi connectivity index (χ1) is 10.3. The molecule has 0 radical (unpaired) electrons. The molecule has 0 fully saturated rings. The van der Waals surface area contributed by atoms with Crippen molar-refractivity contribution in [1.29, 1.82) is 0 Å². The van der Waals surface area contributed by atoms with E-state index in [4.69, 9.17) is 9.47 Å². The lowest BCUT2D eigenvalue weighted by molar-refractivity contribution is -0.0613. The van der Waals surface area contributed by atoms with Crippen molar-refractivity contribution in [2.75, 3.05) is 6.61 Å². The predicted molar refractivity (Wildman–Crippen MR) is 89.9 cm³/mol. The normalized spacial score (nSPS) is 12.3. The van der Waals surface area contributed by atoms with Gasteiger partial charge in [-0.2, -0.15) is 0 Å². The zero-order valence-corrected chi connectivity index (χ0v) is 14.1. The molecule has 0 N–H and O–H groups in total. The van der Waals surface area contributed by atoms with Crippen LogP contribution in [0, 0.1) is 0 Å². The summed E-state index contributed by atoms with van der Waals surface area (Å²) in [5.74, 6) is 0.888. The molecule has 1 rings (SSSR count). The number of aryl methyl sites for hydroxylation is 1. The minimum Gasteiger partial charge on any atom is -0.465 e. The van der Waals surface area contributed by atoms with Crippen LogP contribution >= 0.6 is 0 Å². The van der Waals surface area contributed by atoms with Crippen molar-refractivity contribution in [3.05, 3.63) is 29.8 Å². The van der Waals surface area contributed by atoms with E-state index in [1.807, 2.05) is 26.0 Å². The Bertz CT molecular complexity index is 345. The average molecular weight is 292 g/mol. The highest BCUT2D eigenvalue weighted by molar-refractivity contribution is 5.27. The van der Waals surface area contributed by atoms with E-state index >= 15 is 0 Å². The van der Waals surface area contributed by atoms with Gasteiger partial charge >= 0.3 is 0 Å². The molecule has 0 amide bonds. The molecular formula is C19H32O2. The maximum atomic E-state index is 5.67. The van der Waals surface area contributed by atoms with Gasteiger partial charge in [0.05, 0.1) is 0 Å². The Morgan fingerprint density at radius 3 is 2.10 bits per heavy atom. The van der Waals surface area contributed by atoms with Crippen LogP contribution < -0.4 is 4.74 Å². The lowest BCUT2D eigenvalue weighted by atomic mass is 10.0. The number of benzene rings is 1. The molecule has 0 aromatic heterocycles. The third-order valence-corrected chi connectivity index (χ3v) is 3.70. The SMILES string of the molecule is CCCCCCCCCc1ccc(OC(C)OCC)cc1. The molecule has 1 unspecified atom stereocenters. The number of rotatable bonds is 12. The molecule has 120 valence electrons. The van der Waals surface area contributed by atoms with E-state index in [0.29, 0.717) is 6.61 Å². The Balaban J connectivity index is 2.16. The van der Waals surface area contributed by atoms with E-state index in [1.165, 1.54) is 56.9 Å². The fourth-order valence-corrected chi connectivity index (χ4v) is 2.48. The summed E-state index contributed by atoms with van der Waals surface area (Å²) in [6, 6.07) is 8.44. The van der Waals surface area contributed by atoms with Gasteiger partial charge in [-0.15, -0.1) is 0 Å². The first-order valence-corrected chi connectivity index (χ1v) is 8.63. The van der Waals surface area contributed by atoms with Crippen LogP contribution in [0.1, 0.15) is 71.3 Å². The molecule has 0 aliphatic rings. The second-order valence-corrected chi connectivity index (χ2v) is 5.66. The number of hydrogen-bond donors (Lipinski definition) is 0. The zero-order chi connectivity index (χ0) is 15.3. The predicted octanol–water partition coefficient (Wildman–Crippen LogP) is 5.74. The Morgan fingerprint density at radius 2 is 1.48 bits per heavy atom. The van der Waals surface area contributed by atoms with Gasteiger partial charge in [-0.1, -0.05) is 57.6 Å². The van der Waals surface area contributed by atoms with Gasteiger partial charge in [0.25, 0.3) is 0 Å². The number of unbranched alkanes of at least 4 members (excludes halogenated alkanes) is 6. The summed E-state index contributed by atoms with van der Waals surface area (Å²) in [7, 11) is 0. The lowest BCUT2D eigenvalue weighted by Crippen LogP contribution is -2.15. The van der Waals surface area contributed by atoms with Gasteiger partial charge < -0.3 is 9.47 Å². The zero-order valence-electron chi connectivity index (χ0n) is 14.1. The Hall–Kier alpha value is -1.02. The molecule has 2 nitrogen and oxygen atoms in total. The van der Waals surface area contributed by atoms with Gasteiger partial charge in [0.15, 0.2) is 6.29 Å². The van der Waals surface area contributed by atoms with Crippen LogP contribution in [0.5, 0.6) is 5.75 Å². The summed E-state index contributed by atoms with van der Waals surface area (Å²) < 4.78 is 11.0. The first-order valence-electron chi connectivity index (χ1n) is 8.63. The van der Waals surface area contributed by atoms with E-state index in [0.717, 1.165) is 5.75 Å². The van der Waals surface area contributed by atoms with Gasteiger partial charge in [0.2, 0.25) is 0 Å². The topological polar surface area (TPSA) is 18.5 Å². The summed E-state index contributed by atoms with van der Waals surface area (Å²) in [5.41, 5.74) is 1.40. The molecule has 0 spiro atoms. The Kier molecular flexibility index (Phi) is 9.98. The van der Waals surface area contributed by atoms with Gasteiger partial charge in [-0.3, -0.25) is 0 Å². The van der Waals surface area contributed by atoms with Crippen molar-refractivity contribution >= 4 is 0 Å². The highest BCUT2D eigenvalue weighted by atomic mass is 16.7. The molecule has 0 aliphatic carbocycles. The van der Waals surface area contributed by atoms with E-state index in [2.05, 4.69) is 19.1 Å². The van der Waals surface area contributed by atoms with Crippen molar-refractivity contribution in [3.63, 3.8) is 0 Å². The monoisotopic (exact) mass is 292 g/mol. The third-order valence-electron chi connectivity index (χ3n) is 3.70. The van der Waals surface area contributed by atoms with Crippen molar-refractivity contribution in [1.82, 2.24) is 0 Å². The second kappa shape index (κ2) is 11.6. The molecule has 0 saturated carbocycles. The molecule has 0 saturated heterocycles. The molecule has 0 aliphatic heterocycles. The second-order valence-electron chi connectivity index (χ2n) is 5.66. The van der Waals surface area contributed by atoms with Crippen molar-refractivity contribution in [3.8, 4) is 5.75 Å². The van der Waals surface area contributed by atoms with Crippen LogP contribution in [-0.4, -0.2) is 12.9 Å². The largest absolute Gasteiger partial charge is 0.465 e. The highest BCUT2D eigenvalue weighted by Crippen LogP contribution is 2.16. The minimum atomic E-state index is -0.177. The minimum absolute atomic E-state index is 0.177. The first kappa shape index (κ1) is 18.0. The van der Waals surface area contributed by atoms with E-state index in [-0.39, 0.29) is 6.29 Å². The standard InChI is InChI=1S/C19H32O2/c1-4-6-7-8-9-10-11-12-18-13-15-19(16-14-18)21-17(3)20-5-2/h13-17H,4-12H2,1-3H3. The summed E-state index contributed by atoms with van der Waals surface area (Å²) in [6.07, 6.45) is 10.5. The van der Waals surface area contributed by atoms with Gasteiger partial charge in [0.1, 0.15) is 5.75 Å². The van der Waals surface area contributed by atoms with Gasteiger partial charge in [0, 0.05) is 6.61 Å². The van der Waals surface area contributed by atoms with E-state index < -0.39 is 0 Å². The van der Waals surface area contributed by atoms with Gasteiger partial charge in [-0.25, -0.2) is 0 Å². The molecule has 2 heteroatoms. The molecule has 1 aromatic carbocycles. The average Bonchev–Trinajstić information content (AvgIpc) is 2.48. The molecular weight excluding hydrogens is 260 g/mol. The number of ether oxygens (including phenoxy) is 2. The lowest BCUT2D eigenvalue weighted by Gasteiger charge is -2.14. The summed E-state index contributed by atoms with van der Waals surface area (Å²) in [4.78, 5) is 0. The van der Waals surface area contributed by atoms with Crippen LogP contribution in [0.3, 0.4) is 0 Å². The van der Waals surface area contributed by atoms with Crippen LogP contribution in [0.25, 0.3) is 0 Å². The van der Waals surface area contributed by atoms with E-state index in [9.17, 15) is 0 Å². The van der Waals surface area contributed by atoms with Crippen molar-refractivity contribution in [2.45, 2.75) is 78.4 Å². The van der Waals surface area contributed by atoms with Crippen LogP contribution in [-0.2, 0) is 11.2 Å². The van der Waals surface area contributed by atoms with Crippen molar-refractivity contribution < 1.29 is 9.47 Å². The van der Waals surface area contributed by atoms with E-state index in [1.54, 1.807) is 0 Å². The summed E-state index contributed by atoms with van der Waals surface area (Å²) >= 11 is 0. The van der Waals surface area contributed by atoms with Crippen molar-refractivity contribution in [2.24, 2.45) is 0 Å². The Morgan fingerprint density at radius 1 is 0.857 bits per heavy atom. The maximum absolute atomic E-state index is 5.67. The molecule has 21 heavy (non-hydrogen) atoms. The molecule has 1 aromatic rings. The fraction of sp³-hybridized carbons (Fsp3) is 0.684.